The Morgan fingerprint density at radius 2 is 1.63 bits per heavy atom. The van der Waals surface area contributed by atoms with Crippen LogP contribution in [0.25, 0.3) is 10.8 Å². The molecule has 4 aromatic carbocycles. The van der Waals surface area contributed by atoms with Gasteiger partial charge in [0.05, 0.1) is 6.21 Å². The second-order valence-electron chi connectivity index (χ2n) is 6.70. The monoisotopic (exact) mass is 414 g/mol. The summed E-state index contributed by atoms with van der Waals surface area (Å²) in [6.45, 7) is 0.492. The summed E-state index contributed by atoms with van der Waals surface area (Å²) in [6, 6.07) is 28.6. The highest BCUT2D eigenvalue weighted by molar-refractivity contribution is 6.30. The molecule has 0 heterocycles. The number of hydrogen-bond donors (Lipinski definition) is 1. The van der Waals surface area contributed by atoms with Gasteiger partial charge in [0.1, 0.15) is 12.4 Å². The van der Waals surface area contributed by atoms with Gasteiger partial charge in [-0.25, -0.2) is 5.43 Å². The summed E-state index contributed by atoms with van der Waals surface area (Å²) in [7, 11) is 0. The third kappa shape index (κ3) is 4.85. The van der Waals surface area contributed by atoms with Gasteiger partial charge in [-0.1, -0.05) is 54.1 Å². The first-order valence-electron chi connectivity index (χ1n) is 9.47. The Bertz CT molecular complexity index is 1180. The SMILES string of the molecule is O=C(NN=Cc1ccc(OCc2cccc3ccccc23)cc1)c1ccc(Cl)cc1. The Balaban J connectivity index is 1.34. The van der Waals surface area contributed by atoms with Gasteiger partial charge in [-0.15, -0.1) is 0 Å². The smallest absolute Gasteiger partial charge is 0.271 e. The molecule has 0 radical (unpaired) electrons. The summed E-state index contributed by atoms with van der Waals surface area (Å²) < 4.78 is 5.94. The predicted octanol–water partition coefficient (Wildman–Crippen LogP) is 5.84. The minimum absolute atomic E-state index is 0.294. The summed E-state index contributed by atoms with van der Waals surface area (Å²) in [4.78, 5) is 12.0. The molecule has 0 atom stereocenters. The van der Waals surface area contributed by atoms with Crippen molar-refractivity contribution in [2.24, 2.45) is 5.10 Å². The van der Waals surface area contributed by atoms with Crippen molar-refractivity contribution in [1.29, 1.82) is 0 Å². The van der Waals surface area contributed by atoms with Crippen molar-refractivity contribution >= 4 is 34.5 Å². The summed E-state index contributed by atoms with van der Waals surface area (Å²) in [6.07, 6.45) is 1.59. The molecule has 30 heavy (non-hydrogen) atoms. The van der Waals surface area contributed by atoms with E-state index in [0.29, 0.717) is 17.2 Å². The highest BCUT2D eigenvalue weighted by atomic mass is 35.5. The Morgan fingerprint density at radius 1 is 0.900 bits per heavy atom. The zero-order valence-electron chi connectivity index (χ0n) is 16.1. The normalized spacial score (nSPS) is 11.0. The number of nitrogens with one attached hydrogen (secondary N) is 1. The first-order valence-corrected chi connectivity index (χ1v) is 9.85. The molecule has 0 saturated carbocycles. The van der Waals surface area contributed by atoms with E-state index in [1.165, 1.54) is 10.8 Å². The second kappa shape index (κ2) is 9.25. The van der Waals surface area contributed by atoms with Crippen LogP contribution in [-0.4, -0.2) is 12.1 Å². The summed E-state index contributed by atoms with van der Waals surface area (Å²) in [5, 5.41) is 6.98. The first kappa shape index (κ1) is 19.7. The number of benzene rings is 4. The van der Waals surface area contributed by atoms with Gasteiger partial charge in [0, 0.05) is 10.6 Å². The molecule has 0 aliphatic carbocycles. The molecule has 1 amide bonds. The van der Waals surface area contributed by atoms with E-state index in [1.807, 2.05) is 42.5 Å². The third-order valence-corrected chi connectivity index (χ3v) is 4.89. The third-order valence-electron chi connectivity index (χ3n) is 4.64. The second-order valence-corrected chi connectivity index (χ2v) is 7.14. The van der Waals surface area contributed by atoms with E-state index in [4.69, 9.17) is 16.3 Å². The molecule has 4 aromatic rings. The Labute approximate surface area is 179 Å². The maximum absolute atomic E-state index is 12.0. The van der Waals surface area contributed by atoms with E-state index in [1.54, 1.807) is 30.5 Å². The van der Waals surface area contributed by atoms with Crippen LogP contribution in [0.2, 0.25) is 5.02 Å². The number of amides is 1. The molecule has 0 aliphatic heterocycles. The quantitative estimate of drug-likeness (QED) is 0.318. The van der Waals surface area contributed by atoms with Crippen LogP contribution < -0.4 is 10.2 Å². The fraction of sp³-hybridized carbons (Fsp3) is 0.0400. The number of fused-ring (bicyclic) bond motifs is 1. The molecule has 0 spiro atoms. The van der Waals surface area contributed by atoms with Crippen LogP contribution in [0.5, 0.6) is 5.75 Å². The van der Waals surface area contributed by atoms with Crippen molar-refractivity contribution < 1.29 is 9.53 Å². The van der Waals surface area contributed by atoms with E-state index in [0.717, 1.165) is 16.9 Å². The molecule has 0 fully saturated rings. The van der Waals surface area contributed by atoms with Gasteiger partial charge < -0.3 is 4.74 Å². The highest BCUT2D eigenvalue weighted by Gasteiger charge is 2.04. The number of halogens is 1. The van der Waals surface area contributed by atoms with Gasteiger partial charge in [0.25, 0.3) is 5.91 Å². The van der Waals surface area contributed by atoms with Gasteiger partial charge in [-0.3, -0.25) is 4.79 Å². The van der Waals surface area contributed by atoms with Gasteiger partial charge in [0.2, 0.25) is 0 Å². The van der Waals surface area contributed by atoms with Gasteiger partial charge in [-0.05, 0) is 70.4 Å². The number of carbonyl (C=O) groups is 1. The lowest BCUT2D eigenvalue weighted by Crippen LogP contribution is -2.17. The Kier molecular flexibility index (Phi) is 6.06. The maximum Gasteiger partial charge on any atom is 0.271 e. The number of ether oxygens (including phenoxy) is 1. The zero-order chi connectivity index (χ0) is 20.8. The fourth-order valence-electron chi connectivity index (χ4n) is 3.06. The maximum atomic E-state index is 12.0. The minimum Gasteiger partial charge on any atom is -0.489 e. The van der Waals surface area contributed by atoms with Gasteiger partial charge in [-0.2, -0.15) is 5.10 Å². The van der Waals surface area contributed by atoms with Crippen molar-refractivity contribution in [1.82, 2.24) is 5.43 Å². The molecule has 0 saturated heterocycles. The average molecular weight is 415 g/mol. The summed E-state index contributed by atoms with van der Waals surface area (Å²) >= 11 is 5.82. The van der Waals surface area contributed by atoms with E-state index in [2.05, 4.69) is 34.8 Å². The van der Waals surface area contributed by atoms with Crippen LogP contribution in [0.4, 0.5) is 0 Å². The van der Waals surface area contributed by atoms with Crippen molar-refractivity contribution in [3.63, 3.8) is 0 Å². The van der Waals surface area contributed by atoms with Crippen LogP contribution in [0, 0.1) is 0 Å². The predicted molar refractivity (Wildman–Crippen MR) is 121 cm³/mol. The van der Waals surface area contributed by atoms with E-state index in [-0.39, 0.29) is 5.91 Å². The van der Waals surface area contributed by atoms with Crippen LogP contribution in [-0.2, 0) is 6.61 Å². The Morgan fingerprint density at radius 3 is 2.43 bits per heavy atom. The number of hydrogen-bond acceptors (Lipinski definition) is 3. The topological polar surface area (TPSA) is 50.7 Å². The molecule has 1 N–H and O–H groups in total. The molecule has 0 aromatic heterocycles. The number of hydrazone groups is 1. The summed E-state index contributed by atoms with van der Waals surface area (Å²) in [5.74, 6) is 0.475. The number of carbonyl (C=O) groups excluding carboxylic acids is 1. The highest BCUT2D eigenvalue weighted by Crippen LogP contribution is 2.21. The lowest BCUT2D eigenvalue weighted by molar-refractivity contribution is 0.0955. The van der Waals surface area contributed by atoms with Gasteiger partial charge >= 0.3 is 0 Å². The van der Waals surface area contributed by atoms with E-state index < -0.39 is 0 Å². The zero-order valence-corrected chi connectivity index (χ0v) is 16.8. The van der Waals surface area contributed by atoms with Crippen molar-refractivity contribution in [3.8, 4) is 5.75 Å². The van der Waals surface area contributed by atoms with Crippen molar-refractivity contribution in [2.45, 2.75) is 6.61 Å². The molecule has 5 heteroatoms. The molecule has 4 rings (SSSR count). The lowest BCUT2D eigenvalue weighted by atomic mass is 10.1. The first-order chi connectivity index (χ1) is 14.7. The molecule has 0 unspecified atom stereocenters. The number of rotatable bonds is 6. The largest absolute Gasteiger partial charge is 0.489 e. The molecule has 4 nitrogen and oxygen atoms in total. The van der Waals surface area contributed by atoms with E-state index >= 15 is 0 Å². The fourth-order valence-corrected chi connectivity index (χ4v) is 3.19. The molecular weight excluding hydrogens is 396 g/mol. The van der Waals surface area contributed by atoms with Crippen molar-refractivity contribution in [3.05, 3.63) is 113 Å². The van der Waals surface area contributed by atoms with Gasteiger partial charge in [0.15, 0.2) is 0 Å². The van der Waals surface area contributed by atoms with Crippen molar-refractivity contribution in [2.75, 3.05) is 0 Å². The van der Waals surface area contributed by atoms with Crippen LogP contribution in [0.15, 0.2) is 96.1 Å². The minimum atomic E-state index is -0.294. The molecule has 148 valence electrons. The number of nitrogens with zero attached hydrogens (tertiary/aromatic N) is 1. The standard InChI is InChI=1S/C25H19ClN2O2/c26-22-12-10-20(11-13-22)25(29)28-27-16-18-8-14-23(15-9-18)30-17-21-6-3-5-19-4-1-2-7-24(19)21/h1-16H,17H2,(H,28,29). The van der Waals surface area contributed by atoms with Crippen LogP contribution in [0.3, 0.4) is 0 Å². The molecule has 0 aliphatic rings. The van der Waals surface area contributed by atoms with E-state index in [9.17, 15) is 4.79 Å². The Hall–Kier alpha value is -3.63. The molecule has 0 bridgehead atoms. The molecular formula is C25H19ClN2O2. The lowest BCUT2D eigenvalue weighted by Gasteiger charge is -2.09. The summed E-state index contributed by atoms with van der Waals surface area (Å²) in [5.41, 5.74) is 4.99. The van der Waals surface area contributed by atoms with Crippen LogP contribution in [0.1, 0.15) is 21.5 Å². The average Bonchev–Trinajstić information content (AvgIpc) is 2.79. The van der Waals surface area contributed by atoms with Crippen LogP contribution >= 0.6 is 11.6 Å².